The Morgan fingerprint density at radius 2 is 2.00 bits per heavy atom. The predicted molar refractivity (Wildman–Crippen MR) is 88.1 cm³/mol. The van der Waals surface area contributed by atoms with Crippen molar-refractivity contribution in [2.24, 2.45) is 0 Å². The lowest BCUT2D eigenvalue weighted by atomic mass is 10.1. The third-order valence-electron chi connectivity index (χ3n) is 4.14. The molecule has 3 aromatic rings. The number of nitrogens with zero attached hydrogens (tertiary/aromatic N) is 3. The summed E-state index contributed by atoms with van der Waals surface area (Å²) >= 11 is 0. The lowest BCUT2D eigenvalue weighted by Crippen LogP contribution is -2.43. The van der Waals surface area contributed by atoms with Gasteiger partial charge in [0.25, 0.3) is 5.91 Å². The summed E-state index contributed by atoms with van der Waals surface area (Å²) in [5.74, 6) is -0.640. The van der Waals surface area contributed by atoms with Crippen LogP contribution in [0.25, 0.3) is 11.2 Å². The normalized spacial score (nSPS) is 14.1. The first-order valence-corrected chi connectivity index (χ1v) is 7.44. The number of hydrogen-bond donors (Lipinski definition) is 2. The first-order valence-electron chi connectivity index (χ1n) is 7.44. The molecule has 0 bridgehead atoms. The molecule has 0 saturated carbocycles. The van der Waals surface area contributed by atoms with Crippen molar-refractivity contribution in [3.63, 3.8) is 0 Å². The van der Waals surface area contributed by atoms with E-state index < -0.39 is 0 Å². The zero-order valence-corrected chi connectivity index (χ0v) is 12.8. The summed E-state index contributed by atoms with van der Waals surface area (Å²) in [5, 5.41) is 0. The Bertz CT molecular complexity index is 1010. The Balaban J connectivity index is 1.76. The molecule has 0 fully saturated rings. The number of fused-ring (bicyclic) bond motifs is 2. The molecule has 2 aromatic heterocycles. The molecule has 4 rings (SSSR count). The number of carbonyl (C=O) groups excluding carboxylic acids is 1. The zero-order chi connectivity index (χ0) is 16.8. The number of rotatable bonds is 1. The van der Waals surface area contributed by atoms with Crippen molar-refractivity contribution in [1.29, 1.82) is 0 Å². The minimum atomic E-state index is -0.373. The third-order valence-corrected chi connectivity index (χ3v) is 4.14. The van der Waals surface area contributed by atoms with Gasteiger partial charge in [0, 0.05) is 20.1 Å². The number of aromatic nitrogens is 3. The smallest absolute Gasteiger partial charge is 0.325 e. The van der Waals surface area contributed by atoms with Crippen molar-refractivity contribution >= 4 is 28.4 Å². The third kappa shape index (κ3) is 2.23. The van der Waals surface area contributed by atoms with Crippen molar-refractivity contribution in [1.82, 2.24) is 15.0 Å². The molecule has 3 heterocycles. The van der Waals surface area contributed by atoms with E-state index in [1.54, 1.807) is 23.1 Å². The predicted octanol–water partition coefficient (Wildman–Crippen LogP) is 1.49. The number of imidazole rings is 1. The van der Waals surface area contributed by atoms with Gasteiger partial charge in [-0.1, -0.05) is 0 Å². The van der Waals surface area contributed by atoms with Crippen molar-refractivity contribution in [3.8, 4) is 0 Å². The topological polar surface area (TPSA) is 85.1 Å². The number of halogens is 1. The van der Waals surface area contributed by atoms with Crippen LogP contribution in [0, 0.1) is 5.82 Å². The van der Waals surface area contributed by atoms with Gasteiger partial charge in [0.15, 0.2) is 5.65 Å². The maximum Gasteiger partial charge on any atom is 0.325 e. The second kappa shape index (κ2) is 5.19. The molecule has 1 aromatic carbocycles. The number of aromatic amines is 2. The van der Waals surface area contributed by atoms with Crippen LogP contribution in [0.5, 0.6) is 0 Å². The Labute approximate surface area is 135 Å². The lowest BCUT2D eigenvalue weighted by Gasteiger charge is -2.35. The summed E-state index contributed by atoms with van der Waals surface area (Å²) in [6.07, 6.45) is 0. The van der Waals surface area contributed by atoms with Crippen molar-refractivity contribution in [3.05, 3.63) is 52.3 Å². The van der Waals surface area contributed by atoms with Gasteiger partial charge in [-0.15, -0.1) is 0 Å². The molecule has 0 saturated heterocycles. The lowest BCUT2D eigenvalue weighted by molar-refractivity contribution is 0.0982. The Morgan fingerprint density at radius 3 is 2.83 bits per heavy atom. The number of amides is 1. The van der Waals surface area contributed by atoms with Gasteiger partial charge >= 0.3 is 5.69 Å². The van der Waals surface area contributed by atoms with Gasteiger partial charge in [0.2, 0.25) is 0 Å². The van der Waals surface area contributed by atoms with Gasteiger partial charge in [0.1, 0.15) is 11.5 Å². The maximum absolute atomic E-state index is 13.5. The molecular formula is C16H14FN5O2. The van der Waals surface area contributed by atoms with E-state index >= 15 is 0 Å². The van der Waals surface area contributed by atoms with E-state index in [1.165, 1.54) is 12.1 Å². The van der Waals surface area contributed by atoms with Crippen LogP contribution in [-0.2, 0) is 0 Å². The fourth-order valence-electron chi connectivity index (χ4n) is 2.91. The molecule has 2 N–H and O–H groups in total. The van der Waals surface area contributed by atoms with E-state index in [9.17, 15) is 14.0 Å². The highest BCUT2D eigenvalue weighted by Crippen LogP contribution is 2.33. The molecule has 0 spiro atoms. The number of pyridine rings is 1. The molecule has 0 atom stereocenters. The molecule has 0 aliphatic carbocycles. The van der Waals surface area contributed by atoms with Crippen LogP contribution in [0.1, 0.15) is 10.5 Å². The van der Waals surface area contributed by atoms with Gasteiger partial charge in [-0.25, -0.2) is 14.2 Å². The average molecular weight is 327 g/mol. The maximum atomic E-state index is 13.5. The summed E-state index contributed by atoms with van der Waals surface area (Å²) in [6.45, 7) is 1.06. The number of likely N-dealkylation sites (N-methyl/N-ethyl adjacent to an activating group) is 1. The highest BCUT2D eigenvalue weighted by atomic mass is 19.1. The van der Waals surface area contributed by atoms with E-state index in [2.05, 4.69) is 15.0 Å². The zero-order valence-electron chi connectivity index (χ0n) is 12.8. The number of nitrogens with one attached hydrogen (secondary N) is 2. The van der Waals surface area contributed by atoms with Gasteiger partial charge in [0.05, 0.1) is 16.9 Å². The molecule has 1 amide bonds. The number of benzene rings is 1. The number of hydrogen-bond acceptors (Lipinski definition) is 4. The molecule has 0 unspecified atom stereocenters. The first-order chi connectivity index (χ1) is 11.5. The second-order valence-corrected chi connectivity index (χ2v) is 5.68. The summed E-state index contributed by atoms with van der Waals surface area (Å²) in [6, 6.07) is 7.54. The van der Waals surface area contributed by atoms with Crippen LogP contribution in [0.4, 0.5) is 15.8 Å². The highest BCUT2D eigenvalue weighted by molar-refractivity contribution is 6.07. The summed E-state index contributed by atoms with van der Waals surface area (Å²) in [7, 11) is 1.86. The summed E-state index contributed by atoms with van der Waals surface area (Å²) < 4.78 is 13.5. The Kier molecular flexibility index (Phi) is 3.12. The number of carbonyl (C=O) groups is 1. The summed E-state index contributed by atoms with van der Waals surface area (Å²) in [5.41, 5.74) is 2.02. The quantitative estimate of drug-likeness (QED) is 0.709. The largest absolute Gasteiger partial charge is 0.371 e. The fraction of sp³-hybridized carbons (Fsp3) is 0.188. The van der Waals surface area contributed by atoms with Gasteiger partial charge in [-0.05, 0) is 30.3 Å². The van der Waals surface area contributed by atoms with Gasteiger partial charge in [-0.2, -0.15) is 0 Å². The van der Waals surface area contributed by atoms with Crippen molar-refractivity contribution in [2.75, 3.05) is 29.9 Å². The van der Waals surface area contributed by atoms with E-state index in [1.807, 2.05) is 11.9 Å². The molecular weight excluding hydrogens is 313 g/mol. The minimum absolute atomic E-state index is 0.220. The highest BCUT2D eigenvalue weighted by Gasteiger charge is 2.27. The van der Waals surface area contributed by atoms with Crippen LogP contribution < -0.4 is 15.5 Å². The monoisotopic (exact) mass is 327 g/mol. The van der Waals surface area contributed by atoms with Crippen LogP contribution >= 0.6 is 0 Å². The molecule has 1 aliphatic rings. The molecule has 8 heteroatoms. The second-order valence-electron chi connectivity index (χ2n) is 5.68. The van der Waals surface area contributed by atoms with E-state index in [4.69, 9.17) is 0 Å². The average Bonchev–Trinajstić information content (AvgIpc) is 2.94. The molecule has 0 radical (unpaired) electrons. The van der Waals surface area contributed by atoms with Crippen molar-refractivity contribution < 1.29 is 9.18 Å². The minimum Gasteiger partial charge on any atom is -0.371 e. The van der Waals surface area contributed by atoms with E-state index in [0.29, 0.717) is 35.6 Å². The molecule has 1 aliphatic heterocycles. The van der Waals surface area contributed by atoms with Crippen LogP contribution in [0.3, 0.4) is 0 Å². The first kappa shape index (κ1) is 14.4. The van der Waals surface area contributed by atoms with Gasteiger partial charge < -0.3 is 14.8 Å². The Morgan fingerprint density at radius 1 is 1.17 bits per heavy atom. The standard InChI is InChI=1S/C16H14FN5O2/c1-21-6-7-22(12-5-2-9(17)8-13(12)21)15(23)11-4-3-10-14(18-11)20-16(24)19-10/h2-5,8H,6-7H2,1H3,(H2,18,19,20,24). The van der Waals surface area contributed by atoms with E-state index in [-0.39, 0.29) is 23.1 Å². The summed E-state index contributed by atoms with van der Waals surface area (Å²) in [4.78, 5) is 37.0. The van der Waals surface area contributed by atoms with Crippen LogP contribution in [0.2, 0.25) is 0 Å². The SMILES string of the molecule is CN1CCN(C(=O)c2ccc3[nH]c(=O)[nH]c3n2)c2ccc(F)cc21. The molecule has 24 heavy (non-hydrogen) atoms. The fourth-order valence-corrected chi connectivity index (χ4v) is 2.91. The van der Waals surface area contributed by atoms with Gasteiger partial charge in [-0.3, -0.25) is 9.78 Å². The molecule has 122 valence electrons. The van der Waals surface area contributed by atoms with Crippen LogP contribution in [0.15, 0.2) is 35.1 Å². The Hall–Kier alpha value is -3.16. The molecule has 7 nitrogen and oxygen atoms in total. The number of anilines is 2. The van der Waals surface area contributed by atoms with Crippen LogP contribution in [-0.4, -0.2) is 41.0 Å². The van der Waals surface area contributed by atoms with E-state index in [0.717, 1.165) is 0 Å². The van der Waals surface area contributed by atoms with Crippen molar-refractivity contribution in [2.45, 2.75) is 0 Å². The number of H-pyrrole nitrogens is 2.